The van der Waals surface area contributed by atoms with Crippen molar-refractivity contribution < 1.29 is 9.90 Å². The Bertz CT molecular complexity index is 126. The molecule has 1 N–H and O–H groups in total. The van der Waals surface area contributed by atoms with Gasteiger partial charge in [0.25, 0.3) is 0 Å². The Morgan fingerprint density at radius 1 is 1.60 bits per heavy atom. The van der Waals surface area contributed by atoms with Crippen molar-refractivity contribution in [3.8, 4) is 0 Å². The minimum Gasteiger partial charge on any atom is -0.481 e. The molecule has 0 fully saturated rings. The number of aliphatic carboxylic acids is 1. The van der Waals surface area contributed by atoms with Crippen LogP contribution in [0.25, 0.3) is 0 Å². The van der Waals surface area contributed by atoms with E-state index in [1.807, 2.05) is 20.8 Å². The highest BCUT2D eigenvalue weighted by molar-refractivity contribution is 7.80. The maximum absolute atomic E-state index is 10.5. The van der Waals surface area contributed by atoms with Gasteiger partial charge in [0.2, 0.25) is 0 Å². The van der Waals surface area contributed by atoms with E-state index in [0.717, 1.165) is 0 Å². The van der Waals surface area contributed by atoms with E-state index in [1.54, 1.807) is 0 Å². The highest BCUT2D eigenvalue weighted by atomic mass is 32.1. The summed E-state index contributed by atoms with van der Waals surface area (Å²) in [6.07, 6.45) is 0. The molecule has 60 valence electrons. The Labute approximate surface area is 67.0 Å². The van der Waals surface area contributed by atoms with Crippen LogP contribution in [0.4, 0.5) is 0 Å². The second kappa shape index (κ2) is 3.28. The van der Waals surface area contributed by atoms with E-state index in [1.165, 1.54) is 0 Å². The van der Waals surface area contributed by atoms with E-state index < -0.39 is 5.97 Å². The molecule has 10 heavy (non-hydrogen) atoms. The van der Waals surface area contributed by atoms with E-state index in [9.17, 15) is 4.79 Å². The highest BCUT2D eigenvalue weighted by Crippen LogP contribution is 2.26. The SMILES string of the molecule is CC(C)(C)C(CS)C(=O)O. The molecule has 0 spiro atoms. The summed E-state index contributed by atoms with van der Waals surface area (Å²) < 4.78 is 0. The van der Waals surface area contributed by atoms with Crippen LogP contribution in [-0.2, 0) is 4.79 Å². The molecule has 0 saturated heterocycles. The summed E-state index contributed by atoms with van der Waals surface area (Å²) in [7, 11) is 0. The summed E-state index contributed by atoms with van der Waals surface area (Å²) in [4.78, 5) is 10.5. The molecule has 0 aromatic rings. The molecule has 0 rings (SSSR count). The normalized spacial score (nSPS) is 14.8. The second-order valence-electron chi connectivity index (χ2n) is 3.44. The molecule has 0 bridgehead atoms. The summed E-state index contributed by atoms with van der Waals surface area (Å²) in [5, 5.41) is 8.66. The van der Waals surface area contributed by atoms with Crippen molar-refractivity contribution in [1.29, 1.82) is 0 Å². The van der Waals surface area contributed by atoms with Gasteiger partial charge < -0.3 is 5.11 Å². The first-order valence-corrected chi connectivity index (χ1v) is 3.86. The van der Waals surface area contributed by atoms with Crippen LogP contribution in [0.3, 0.4) is 0 Å². The largest absolute Gasteiger partial charge is 0.481 e. The fourth-order valence-corrected chi connectivity index (χ4v) is 1.43. The van der Waals surface area contributed by atoms with Crippen LogP contribution in [0.2, 0.25) is 0 Å². The average Bonchev–Trinajstić information content (AvgIpc) is 1.60. The standard InChI is InChI=1S/C7H14O2S/c1-7(2,3)5(4-10)6(8)9/h5,10H,4H2,1-3H3,(H,8,9). The van der Waals surface area contributed by atoms with Crippen LogP contribution in [-0.4, -0.2) is 16.8 Å². The van der Waals surface area contributed by atoms with E-state index >= 15 is 0 Å². The van der Waals surface area contributed by atoms with Gasteiger partial charge in [-0.25, -0.2) is 0 Å². The van der Waals surface area contributed by atoms with Crippen LogP contribution in [0.1, 0.15) is 20.8 Å². The number of carboxylic acid groups (broad SMARTS) is 1. The molecule has 0 aliphatic rings. The highest BCUT2D eigenvalue weighted by Gasteiger charge is 2.29. The van der Waals surface area contributed by atoms with Crippen LogP contribution in [0.15, 0.2) is 0 Å². The number of carbonyl (C=O) groups is 1. The maximum atomic E-state index is 10.5. The van der Waals surface area contributed by atoms with Crippen molar-refractivity contribution in [3.63, 3.8) is 0 Å². The fourth-order valence-electron chi connectivity index (χ4n) is 0.722. The Kier molecular flexibility index (Phi) is 3.22. The van der Waals surface area contributed by atoms with Crippen LogP contribution >= 0.6 is 12.6 Å². The number of carboxylic acids is 1. The van der Waals surface area contributed by atoms with E-state index in [-0.39, 0.29) is 11.3 Å². The van der Waals surface area contributed by atoms with Crippen molar-refractivity contribution in [1.82, 2.24) is 0 Å². The zero-order chi connectivity index (χ0) is 8.36. The molecular weight excluding hydrogens is 148 g/mol. The molecule has 0 aromatic heterocycles. The minimum absolute atomic E-state index is 0.187. The van der Waals surface area contributed by atoms with Crippen molar-refractivity contribution in [2.75, 3.05) is 5.75 Å². The predicted molar refractivity (Wildman–Crippen MR) is 44.4 cm³/mol. The lowest BCUT2D eigenvalue weighted by Crippen LogP contribution is -2.29. The number of hydrogen-bond acceptors (Lipinski definition) is 2. The van der Waals surface area contributed by atoms with Gasteiger partial charge in [0.05, 0.1) is 5.92 Å². The Morgan fingerprint density at radius 3 is 2.00 bits per heavy atom. The van der Waals surface area contributed by atoms with Gasteiger partial charge in [0, 0.05) is 5.75 Å². The predicted octanol–water partition coefficient (Wildman–Crippen LogP) is 1.66. The molecule has 0 saturated carbocycles. The lowest BCUT2D eigenvalue weighted by Gasteiger charge is -2.25. The third-order valence-corrected chi connectivity index (χ3v) is 1.89. The van der Waals surface area contributed by atoms with Gasteiger partial charge in [0.15, 0.2) is 0 Å². The van der Waals surface area contributed by atoms with Gasteiger partial charge in [-0.3, -0.25) is 4.79 Å². The molecule has 0 aliphatic carbocycles. The van der Waals surface area contributed by atoms with Gasteiger partial charge in [-0.1, -0.05) is 20.8 Å². The van der Waals surface area contributed by atoms with Gasteiger partial charge in [-0.05, 0) is 5.41 Å². The maximum Gasteiger partial charge on any atom is 0.307 e. The van der Waals surface area contributed by atoms with Crippen molar-refractivity contribution in [3.05, 3.63) is 0 Å². The second-order valence-corrected chi connectivity index (χ2v) is 3.80. The third-order valence-electron chi connectivity index (χ3n) is 1.53. The van der Waals surface area contributed by atoms with Crippen molar-refractivity contribution >= 4 is 18.6 Å². The van der Waals surface area contributed by atoms with Gasteiger partial charge in [0.1, 0.15) is 0 Å². The molecule has 0 aromatic carbocycles. The van der Waals surface area contributed by atoms with Gasteiger partial charge in [-0.15, -0.1) is 0 Å². The summed E-state index contributed by atoms with van der Waals surface area (Å²) in [5.74, 6) is -0.711. The summed E-state index contributed by atoms with van der Waals surface area (Å²) in [5.41, 5.74) is -0.187. The van der Waals surface area contributed by atoms with Crippen molar-refractivity contribution in [2.24, 2.45) is 11.3 Å². The first kappa shape index (κ1) is 9.82. The minimum atomic E-state index is -0.762. The summed E-state index contributed by atoms with van der Waals surface area (Å²) in [6, 6.07) is 0. The van der Waals surface area contributed by atoms with Gasteiger partial charge >= 0.3 is 5.97 Å². The zero-order valence-corrected chi connectivity index (χ0v) is 7.48. The monoisotopic (exact) mass is 162 g/mol. The first-order chi connectivity index (χ1) is 4.39. The smallest absolute Gasteiger partial charge is 0.307 e. The zero-order valence-electron chi connectivity index (χ0n) is 6.59. The average molecular weight is 162 g/mol. The lowest BCUT2D eigenvalue weighted by atomic mass is 9.82. The molecule has 1 unspecified atom stereocenters. The van der Waals surface area contributed by atoms with E-state index in [0.29, 0.717) is 5.75 Å². The van der Waals surface area contributed by atoms with E-state index in [2.05, 4.69) is 12.6 Å². The fraction of sp³-hybridized carbons (Fsp3) is 0.857. The number of thiol groups is 1. The summed E-state index contributed by atoms with van der Waals surface area (Å²) in [6.45, 7) is 5.71. The summed E-state index contributed by atoms with van der Waals surface area (Å²) >= 11 is 3.97. The van der Waals surface area contributed by atoms with Crippen LogP contribution < -0.4 is 0 Å². The third kappa shape index (κ3) is 2.60. The Morgan fingerprint density at radius 2 is 2.00 bits per heavy atom. The number of rotatable bonds is 2. The molecule has 0 radical (unpaired) electrons. The molecular formula is C7H14O2S. The van der Waals surface area contributed by atoms with E-state index in [4.69, 9.17) is 5.11 Å². The molecule has 0 heterocycles. The lowest BCUT2D eigenvalue weighted by molar-refractivity contribution is -0.144. The molecule has 0 aliphatic heterocycles. The molecule has 3 heteroatoms. The van der Waals surface area contributed by atoms with Crippen LogP contribution in [0, 0.1) is 11.3 Å². The quantitative estimate of drug-likeness (QED) is 0.606. The topological polar surface area (TPSA) is 37.3 Å². The Hall–Kier alpha value is -0.180. The first-order valence-electron chi connectivity index (χ1n) is 3.23. The van der Waals surface area contributed by atoms with Crippen LogP contribution in [0.5, 0.6) is 0 Å². The molecule has 1 atom stereocenters. The Balaban J connectivity index is 4.22. The number of hydrogen-bond donors (Lipinski definition) is 2. The molecule has 2 nitrogen and oxygen atoms in total. The van der Waals surface area contributed by atoms with Crippen molar-refractivity contribution in [2.45, 2.75) is 20.8 Å². The molecule has 0 amide bonds. The van der Waals surface area contributed by atoms with Gasteiger partial charge in [-0.2, -0.15) is 12.6 Å².